The number of halogens is 1. The molecule has 0 saturated heterocycles. The lowest BCUT2D eigenvalue weighted by Crippen LogP contribution is -2.15. The molecule has 2 aromatic rings. The van der Waals surface area contributed by atoms with E-state index in [4.69, 9.17) is 4.52 Å². The Balaban J connectivity index is 2.25. The Hall–Kier alpha value is -0.720. The molecule has 6 heteroatoms. The van der Waals surface area contributed by atoms with Gasteiger partial charge in [0, 0.05) is 9.85 Å². The fourth-order valence-electron chi connectivity index (χ4n) is 1.41. The van der Waals surface area contributed by atoms with Crippen molar-refractivity contribution in [3.63, 3.8) is 0 Å². The molecule has 2 aromatic heterocycles. The zero-order valence-electron chi connectivity index (χ0n) is 9.03. The molecule has 0 bridgehead atoms. The Morgan fingerprint density at radius 3 is 3.00 bits per heavy atom. The predicted molar refractivity (Wildman–Crippen MR) is 67.4 cm³/mol. The molecule has 0 saturated carbocycles. The van der Waals surface area contributed by atoms with Gasteiger partial charge in [-0.25, -0.2) is 0 Å². The minimum Gasteiger partial charge on any atom is -0.337 e. The first-order chi connectivity index (χ1) is 7.74. The average Bonchev–Trinajstić information content (AvgIpc) is 2.89. The van der Waals surface area contributed by atoms with Crippen molar-refractivity contribution in [3.8, 4) is 10.7 Å². The van der Waals surface area contributed by atoms with Crippen LogP contribution in [0, 0.1) is 0 Å². The van der Waals surface area contributed by atoms with Gasteiger partial charge in [0.2, 0.25) is 11.7 Å². The molecule has 0 aromatic carbocycles. The summed E-state index contributed by atoms with van der Waals surface area (Å²) >= 11 is 5.00. The maximum atomic E-state index is 5.24. The number of rotatable bonds is 4. The van der Waals surface area contributed by atoms with Crippen molar-refractivity contribution >= 4 is 27.3 Å². The molecular weight excluding hydrogens is 290 g/mol. The summed E-state index contributed by atoms with van der Waals surface area (Å²) in [4.78, 5) is 5.39. The Kier molecular flexibility index (Phi) is 3.73. The van der Waals surface area contributed by atoms with Crippen molar-refractivity contribution in [2.75, 3.05) is 7.05 Å². The highest BCUT2D eigenvalue weighted by atomic mass is 79.9. The van der Waals surface area contributed by atoms with Crippen LogP contribution in [0.4, 0.5) is 0 Å². The Morgan fingerprint density at radius 1 is 1.62 bits per heavy atom. The van der Waals surface area contributed by atoms with Crippen LogP contribution < -0.4 is 5.32 Å². The molecule has 0 amide bonds. The topological polar surface area (TPSA) is 51.0 Å². The highest BCUT2D eigenvalue weighted by Crippen LogP contribution is 2.28. The van der Waals surface area contributed by atoms with Crippen LogP contribution in [0.25, 0.3) is 10.7 Å². The molecule has 0 aliphatic rings. The molecule has 2 rings (SSSR count). The lowest BCUT2D eigenvalue weighted by atomic mass is 10.2. The average molecular weight is 302 g/mol. The second-order valence-electron chi connectivity index (χ2n) is 3.33. The van der Waals surface area contributed by atoms with E-state index < -0.39 is 0 Å². The zero-order chi connectivity index (χ0) is 11.5. The molecule has 2 heterocycles. The van der Waals surface area contributed by atoms with Gasteiger partial charge in [-0.15, -0.1) is 11.3 Å². The molecule has 86 valence electrons. The van der Waals surface area contributed by atoms with Gasteiger partial charge in [0.15, 0.2) is 0 Å². The molecule has 1 N–H and O–H groups in total. The van der Waals surface area contributed by atoms with Crippen LogP contribution in [0.15, 0.2) is 20.4 Å². The van der Waals surface area contributed by atoms with Gasteiger partial charge in [-0.2, -0.15) is 4.98 Å². The van der Waals surface area contributed by atoms with Gasteiger partial charge in [0.05, 0.1) is 10.9 Å². The van der Waals surface area contributed by atoms with Crippen molar-refractivity contribution in [1.29, 1.82) is 0 Å². The normalized spacial score (nSPS) is 12.9. The highest BCUT2D eigenvalue weighted by molar-refractivity contribution is 9.10. The van der Waals surface area contributed by atoms with E-state index in [1.165, 1.54) is 0 Å². The van der Waals surface area contributed by atoms with Gasteiger partial charge in [0.1, 0.15) is 0 Å². The fourth-order valence-corrected chi connectivity index (χ4v) is 2.76. The van der Waals surface area contributed by atoms with Gasteiger partial charge in [-0.05, 0) is 35.5 Å². The van der Waals surface area contributed by atoms with Gasteiger partial charge < -0.3 is 9.84 Å². The summed E-state index contributed by atoms with van der Waals surface area (Å²) < 4.78 is 6.28. The van der Waals surface area contributed by atoms with Crippen molar-refractivity contribution in [1.82, 2.24) is 15.5 Å². The molecule has 1 atom stereocenters. The maximum absolute atomic E-state index is 5.24. The van der Waals surface area contributed by atoms with Crippen LogP contribution in [-0.4, -0.2) is 17.2 Å². The first-order valence-electron chi connectivity index (χ1n) is 5.00. The van der Waals surface area contributed by atoms with Crippen molar-refractivity contribution in [3.05, 3.63) is 21.8 Å². The van der Waals surface area contributed by atoms with Gasteiger partial charge in [-0.3, -0.25) is 0 Å². The zero-order valence-corrected chi connectivity index (χ0v) is 11.4. The molecule has 0 radical (unpaired) electrons. The summed E-state index contributed by atoms with van der Waals surface area (Å²) in [6.45, 7) is 2.08. The molecule has 0 fully saturated rings. The summed E-state index contributed by atoms with van der Waals surface area (Å²) in [5.41, 5.74) is 0. The quantitative estimate of drug-likeness (QED) is 0.942. The first kappa shape index (κ1) is 11.8. The van der Waals surface area contributed by atoms with Crippen LogP contribution in [-0.2, 0) is 0 Å². The molecule has 0 aliphatic heterocycles. The van der Waals surface area contributed by atoms with Crippen molar-refractivity contribution in [2.24, 2.45) is 0 Å². The molecule has 4 nitrogen and oxygen atoms in total. The summed E-state index contributed by atoms with van der Waals surface area (Å²) in [6.07, 6.45) is 0.923. The van der Waals surface area contributed by atoms with Gasteiger partial charge in [0.25, 0.3) is 0 Å². The summed E-state index contributed by atoms with van der Waals surface area (Å²) in [6, 6.07) is 2.12. The van der Waals surface area contributed by atoms with E-state index in [9.17, 15) is 0 Å². The minimum atomic E-state index is 0.129. The SMILES string of the molecule is CCC(NC)c1nc(-c2cc(Br)cs2)no1. The van der Waals surface area contributed by atoms with E-state index in [1.807, 2.05) is 18.5 Å². The number of hydrogen-bond acceptors (Lipinski definition) is 5. The molecule has 16 heavy (non-hydrogen) atoms. The Labute approximate surface area is 106 Å². The smallest absolute Gasteiger partial charge is 0.244 e. The first-order valence-corrected chi connectivity index (χ1v) is 6.67. The second kappa shape index (κ2) is 5.07. The van der Waals surface area contributed by atoms with Crippen LogP contribution in [0.1, 0.15) is 25.3 Å². The molecule has 0 aliphatic carbocycles. The number of thiophene rings is 1. The summed E-state index contributed by atoms with van der Waals surface area (Å²) in [7, 11) is 1.89. The van der Waals surface area contributed by atoms with E-state index >= 15 is 0 Å². The van der Waals surface area contributed by atoms with E-state index in [1.54, 1.807) is 11.3 Å². The van der Waals surface area contributed by atoms with Crippen LogP contribution in [0.3, 0.4) is 0 Å². The Morgan fingerprint density at radius 2 is 2.44 bits per heavy atom. The lowest BCUT2D eigenvalue weighted by Gasteiger charge is -2.06. The van der Waals surface area contributed by atoms with E-state index in [0.29, 0.717) is 11.7 Å². The third kappa shape index (κ3) is 2.34. The lowest BCUT2D eigenvalue weighted by molar-refractivity contribution is 0.334. The third-order valence-corrected chi connectivity index (χ3v) is 3.97. The Bertz CT molecular complexity index is 464. The number of aromatic nitrogens is 2. The largest absolute Gasteiger partial charge is 0.337 e. The predicted octanol–water partition coefficient (Wildman–Crippen LogP) is 3.23. The van der Waals surface area contributed by atoms with Crippen molar-refractivity contribution in [2.45, 2.75) is 19.4 Å². The van der Waals surface area contributed by atoms with Crippen LogP contribution in [0.2, 0.25) is 0 Å². The fraction of sp³-hybridized carbons (Fsp3) is 0.400. The summed E-state index contributed by atoms with van der Waals surface area (Å²) in [5.74, 6) is 1.30. The van der Waals surface area contributed by atoms with E-state index in [0.717, 1.165) is 15.8 Å². The highest BCUT2D eigenvalue weighted by Gasteiger charge is 2.16. The standard InChI is InChI=1S/C10H12BrN3OS/c1-3-7(12-2)10-13-9(14-15-10)8-4-6(11)5-16-8/h4-5,7,12H,3H2,1-2H3. The maximum Gasteiger partial charge on any atom is 0.244 e. The summed E-state index contributed by atoms with van der Waals surface area (Å²) in [5, 5.41) is 9.12. The van der Waals surface area contributed by atoms with Crippen LogP contribution in [0.5, 0.6) is 0 Å². The minimum absolute atomic E-state index is 0.129. The molecule has 0 spiro atoms. The van der Waals surface area contributed by atoms with Crippen LogP contribution >= 0.6 is 27.3 Å². The number of nitrogens with zero attached hydrogens (tertiary/aromatic N) is 2. The van der Waals surface area contributed by atoms with Crippen molar-refractivity contribution < 1.29 is 4.52 Å². The van der Waals surface area contributed by atoms with Gasteiger partial charge in [-0.1, -0.05) is 12.1 Å². The molecule has 1 unspecified atom stereocenters. The van der Waals surface area contributed by atoms with Gasteiger partial charge >= 0.3 is 0 Å². The number of nitrogens with one attached hydrogen (secondary N) is 1. The second-order valence-corrected chi connectivity index (χ2v) is 5.16. The van der Waals surface area contributed by atoms with E-state index in [-0.39, 0.29) is 6.04 Å². The number of hydrogen-bond donors (Lipinski definition) is 1. The van der Waals surface area contributed by atoms with E-state index in [2.05, 4.69) is 38.3 Å². The molecular formula is C10H12BrN3OS. The monoisotopic (exact) mass is 301 g/mol. The third-order valence-electron chi connectivity index (χ3n) is 2.28.